The van der Waals surface area contributed by atoms with E-state index >= 15 is 0 Å². The Labute approximate surface area is 108 Å². The molecule has 0 saturated heterocycles. The summed E-state index contributed by atoms with van der Waals surface area (Å²) in [6, 6.07) is 2.30. The third-order valence-corrected chi connectivity index (χ3v) is 4.68. The van der Waals surface area contributed by atoms with Crippen molar-refractivity contribution >= 4 is 11.0 Å². The summed E-state index contributed by atoms with van der Waals surface area (Å²) in [6.07, 6.45) is 1.41. The molecule has 0 unspecified atom stereocenters. The maximum absolute atomic E-state index is 13.2. The molecule has 0 aliphatic heterocycles. The van der Waals surface area contributed by atoms with Crippen molar-refractivity contribution in [3.8, 4) is 0 Å². The molecule has 0 saturated carbocycles. The highest BCUT2D eigenvalue weighted by Crippen LogP contribution is 2.33. The number of aryl methyl sites for hydroxylation is 1. The van der Waals surface area contributed by atoms with Gasteiger partial charge in [0, 0.05) is 6.04 Å². The molecule has 1 aliphatic rings. The molecule has 1 N–H and O–H groups in total. The fourth-order valence-corrected chi connectivity index (χ4v) is 2.88. The highest BCUT2D eigenvalue weighted by Gasteiger charge is 2.29. The number of rotatable bonds is 2. The summed E-state index contributed by atoms with van der Waals surface area (Å²) in [7, 11) is -1.21. The second-order valence-electron chi connectivity index (χ2n) is 5.56. The third kappa shape index (κ3) is 2.62. The molecule has 0 amide bonds. The Morgan fingerprint density at radius 3 is 2.50 bits per heavy atom. The summed E-state index contributed by atoms with van der Waals surface area (Å²) in [5.74, 6) is -1.66. The van der Waals surface area contributed by atoms with Crippen molar-refractivity contribution in [3.63, 3.8) is 0 Å². The minimum Gasteiger partial charge on any atom is -0.242 e. The van der Waals surface area contributed by atoms with E-state index in [1.807, 2.05) is 20.8 Å². The largest absolute Gasteiger partial charge is 0.242 e. The Morgan fingerprint density at radius 1 is 1.28 bits per heavy atom. The van der Waals surface area contributed by atoms with Crippen LogP contribution in [0.2, 0.25) is 0 Å². The maximum Gasteiger partial charge on any atom is 0.159 e. The van der Waals surface area contributed by atoms with E-state index in [9.17, 15) is 13.0 Å². The first-order valence-corrected chi connectivity index (χ1v) is 7.10. The van der Waals surface area contributed by atoms with Crippen molar-refractivity contribution < 1.29 is 13.0 Å². The number of fused-ring (bicyclic) bond motifs is 1. The molecule has 100 valence electrons. The monoisotopic (exact) mass is 273 g/mol. The van der Waals surface area contributed by atoms with Gasteiger partial charge in [-0.05, 0) is 56.9 Å². The third-order valence-electron chi connectivity index (χ3n) is 3.07. The summed E-state index contributed by atoms with van der Waals surface area (Å²) in [6.45, 7) is 5.62. The molecule has 1 aromatic rings. The van der Waals surface area contributed by atoms with Gasteiger partial charge in [0.15, 0.2) is 11.6 Å². The number of hydrogen-bond donors (Lipinski definition) is 1. The van der Waals surface area contributed by atoms with Gasteiger partial charge >= 0.3 is 0 Å². The molecule has 0 fully saturated rings. The molecule has 2 nitrogen and oxygen atoms in total. The molecular formula is C13H17F2NOS. The van der Waals surface area contributed by atoms with Crippen LogP contribution in [-0.4, -0.2) is 8.96 Å². The van der Waals surface area contributed by atoms with Crippen LogP contribution >= 0.6 is 0 Å². The van der Waals surface area contributed by atoms with Crippen LogP contribution in [0.4, 0.5) is 8.78 Å². The predicted molar refractivity (Wildman–Crippen MR) is 68.5 cm³/mol. The minimum absolute atomic E-state index is 0.157. The van der Waals surface area contributed by atoms with Crippen molar-refractivity contribution in [3.05, 3.63) is 34.9 Å². The fourth-order valence-electron chi connectivity index (χ4n) is 2.03. The first-order valence-electron chi connectivity index (χ1n) is 5.95. The van der Waals surface area contributed by atoms with E-state index in [1.54, 1.807) is 0 Å². The van der Waals surface area contributed by atoms with Crippen LogP contribution in [0.1, 0.15) is 44.4 Å². The van der Waals surface area contributed by atoms with E-state index in [0.29, 0.717) is 6.42 Å². The smallest absolute Gasteiger partial charge is 0.159 e. The molecule has 5 heteroatoms. The lowest BCUT2D eigenvalue weighted by Crippen LogP contribution is -2.35. The van der Waals surface area contributed by atoms with Crippen molar-refractivity contribution in [2.45, 2.75) is 44.4 Å². The van der Waals surface area contributed by atoms with Crippen LogP contribution in [0.3, 0.4) is 0 Å². The van der Waals surface area contributed by atoms with Crippen molar-refractivity contribution in [2.24, 2.45) is 0 Å². The Morgan fingerprint density at radius 2 is 1.89 bits per heavy atom. The lowest BCUT2D eigenvalue weighted by atomic mass is 10.1. The first kappa shape index (κ1) is 13.6. The molecule has 0 heterocycles. The number of nitrogens with one attached hydrogen (secondary N) is 1. The van der Waals surface area contributed by atoms with Crippen LogP contribution in [-0.2, 0) is 17.4 Å². The molecule has 2 atom stereocenters. The Hall–Kier alpha value is -0.810. The van der Waals surface area contributed by atoms with Crippen LogP contribution in [0.5, 0.6) is 0 Å². The molecule has 1 aliphatic carbocycles. The zero-order valence-electron chi connectivity index (χ0n) is 10.7. The Kier molecular flexibility index (Phi) is 3.56. The maximum atomic E-state index is 13.2. The highest BCUT2D eigenvalue weighted by molar-refractivity contribution is 7.84. The van der Waals surface area contributed by atoms with Gasteiger partial charge in [0.05, 0.1) is 15.7 Å². The van der Waals surface area contributed by atoms with Crippen LogP contribution in [0, 0.1) is 11.6 Å². The minimum atomic E-state index is -1.21. The topological polar surface area (TPSA) is 29.1 Å². The summed E-state index contributed by atoms with van der Waals surface area (Å²) >= 11 is 0. The lowest BCUT2D eigenvalue weighted by Gasteiger charge is -2.22. The Bertz CT molecular complexity index is 496. The van der Waals surface area contributed by atoms with Gasteiger partial charge in [-0.3, -0.25) is 0 Å². The standard InChI is InChI=1S/C13H17F2NOS/c1-13(2,3)18(17)16-12-5-4-8-6-10(14)11(15)7-9(8)12/h6-7,12,16H,4-5H2,1-3H3/t12-,18-/m1/s1. The fraction of sp³-hybridized carbons (Fsp3) is 0.538. The van der Waals surface area contributed by atoms with Gasteiger partial charge in [-0.15, -0.1) is 0 Å². The lowest BCUT2D eigenvalue weighted by molar-refractivity contribution is 0.505. The summed E-state index contributed by atoms with van der Waals surface area (Å²) < 4.78 is 41.0. The normalized spacial score (nSPS) is 20.8. The first-order chi connectivity index (χ1) is 8.29. The second kappa shape index (κ2) is 4.70. The van der Waals surface area contributed by atoms with Crippen LogP contribution < -0.4 is 4.72 Å². The van der Waals surface area contributed by atoms with Crippen molar-refractivity contribution in [2.75, 3.05) is 0 Å². The highest BCUT2D eigenvalue weighted by atomic mass is 32.2. The van der Waals surface area contributed by atoms with Gasteiger partial charge < -0.3 is 0 Å². The van der Waals surface area contributed by atoms with Gasteiger partial charge in [0.25, 0.3) is 0 Å². The Balaban J connectivity index is 2.22. The molecule has 0 bridgehead atoms. The molecule has 0 radical (unpaired) electrons. The van der Waals surface area contributed by atoms with Gasteiger partial charge in [0.1, 0.15) is 0 Å². The van der Waals surface area contributed by atoms with Crippen molar-refractivity contribution in [1.29, 1.82) is 0 Å². The molecule has 1 aromatic carbocycles. The SMILES string of the molecule is CC(C)(C)[S@@](=O)N[C@@H]1CCc2cc(F)c(F)cc21. The van der Waals surface area contributed by atoms with E-state index < -0.39 is 22.6 Å². The number of benzene rings is 1. The molecular weight excluding hydrogens is 256 g/mol. The predicted octanol–water partition coefficient (Wildman–Crippen LogP) is 3.00. The summed E-state index contributed by atoms with van der Waals surface area (Å²) in [5.41, 5.74) is 1.53. The van der Waals surface area contributed by atoms with E-state index in [0.717, 1.165) is 17.5 Å². The van der Waals surface area contributed by atoms with Gasteiger partial charge in [-0.1, -0.05) is 0 Å². The van der Waals surface area contributed by atoms with Crippen LogP contribution in [0.15, 0.2) is 12.1 Å². The van der Waals surface area contributed by atoms with Crippen LogP contribution in [0.25, 0.3) is 0 Å². The molecule has 18 heavy (non-hydrogen) atoms. The average Bonchev–Trinajstić information content (AvgIpc) is 2.61. The average molecular weight is 273 g/mol. The second-order valence-corrected chi connectivity index (χ2v) is 7.55. The van der Waals surface area contributed by atoms with Gasteiger partial charge in [-0.2, -0.15) is 0 Å². The van der Waals surface area contributed by atoms with Gasteiger partial charge in [0.2, 0.25) is 0 Å². The van der Waals surface area contributed by atoms with E-state index in [2.05, 4.69) is 4.72 Å². The van der Waals surface area contributed by atoms with E-state index in [1.165, 1.54) is 12.1 Å². The number of hydrogen-bond acceptors (Lipinski definition) is 1. The van der Waals surface area contributed by atoms with Crippen molar-refractivity contribution in [1.82, 2.24) is 4.72 Å². The zero-order chi connectivity index (χ0) is 13.5. The number of halogens is 2. The zero-order valence-corrected chi connectivity index (χ0v) is 11.5. The molecule has 0 aromatic heterocycles. The molecule has 0 spiro atoms. The quantitative estimate of drug-likeness (QED) is 0.881. The van der Waals surface area contributed by atoms with E-state index in [4.69, 9.17) is 0 Å². The molecule has 2 rings (SSSR count). The van der Waals surface area contributed by atoms with Gasteiger partial charge in [-0.25, -0.2) is 17.7 Å². The summed E-state index contributed by atoms with van der Waals surface area (Å²) in [5, 5.41) is 0. The summed E-state index contributed by atoms with van der Waals surface area (Å²) in [4.78, 5) is 0. The van der Waals surface area contributed by atoms with E-state index in [-0.39, 0.29) is 10.8 Å².